The smallest absolute Gasteiger partial charge is 0.137 e. The molecule has 3 rings (SSSR count). The van der Waals surface area contributed by atoms with Crippen LogP contribution in [-0.2, 0) is 0 Å². The maximum absolute atomic E-state index is 10.5. The molecule has 5 nitrogen and oxygen atoms in total. The number of pyridine rings is 2. The molecule has 0 aliphatic carbocycles. The Morgan fingerprint density at radius 1 is 1.32 bits per heavy atom. The Bertz CT molecular complexity index is 682. The Hall–Kier alpha value is -2.40. The van der Waals surface area contributed by atoms with Gasteiger partial charge in [-0.2, -0.15) is 0 Å². The molecule has 0 radical (unpaired) electrons. The summed E-state index contributed by atoms with van der Waals surface area (Å²) in [4.78, 5) is 8.42. The fourth-order valence-corrected chi connectivity index (χ4v) is 2.18. The number of rotatable bonds is 2. The first-order valence-electron chi connectivity index (χ1n) is 5.99. The number of aryl methyl sites for hydroxylation is 1. The molecule has 0 fully saturated rings. The highest BCUT2D eigenvalue weighted by Crippen LogP contribution is 2.27. The van der Waals surface area contributed by atoms with Crippen LogP contribution in [0.3, 0.4) is 0 Å². The van der Waals surface area contributed by atoms with Gasteiger partial charge in [-0.3, -0.25) is 0 Å². The zero-order chi connectivity index (χ0) is 13.4. The summed E-state index contributed by atoms with van der Waals surface area (Å²) in [5.74, 6) is 0.338. The third-order valence-electron chi connectivity index (χ3n) is 3.18. The first kappa shape index (κ1) is 11.7. The van der Waals surface area contributed by atoms with Gasteiger partial charge in [0.15, 0.2) is 0 Å². The molecule has 0 bridgehead atoms. The van der Waals surface area contributed by atoms with Crippen LogP contribution in [0.25, 0.3) is 5.65 Å². The third-order valence-corrected chi connectivity index (χ3v) is 3.18. The zero-order valence-corrected chi connectivity index (χ0v) is 10.5. The number of hydrogen-bond donors (Lipinski definition) is 2. The van der Waals surface area contributed by atoms with E-state index in [2.05, 4.69) is 9.97 Å². The van der Waals surface area contributed by atoms with E-state index in [4.69, 9.17) is 5.73 Å². The highest BCUT2D eigenvalue weighted by Gasteiger charge is 2.19. The van der Waals surface area contributed by atoms with Crippen molar-refractivity contribution < 1.29 is 5.11 Å². The Kier molecular flexibility index (Phi) is 2.68. The van der Waals surface area contributed by atoms with Crippen molar-refractivity contribution in [1.29, 1.82) is 0 Å². The van der Waals surface area contributed by atoms with Crippen LogP contribution in [0.2, 0.25) is 0 Å². The van der Waals surface area contributed by atoms with E-state index in [1.54, 1.807) is 12.4 Å². The lowest BCUT2D eigenvalue weighted by molar-refractivity contribution is 0.215. The fraction of sp³-hybridized carbons (Fsp3) is 0.143. The standard InChI is InChI=1S/C14H14N4O/c1-9-5-6-16-14(15)12(9)13(19)10-8-18-7-3-2-4-11(18)17-10/h2-8,13,19H,1H3,(H2,15,16). The van der Waals surface area contributed by atoms with Crippen LogP contribution in [0.1, 0.15) is 22.9 Å². The van der Waals surface area contributed by atoms with Crippen molar-refractivity contribution in [2.24, 2.45) is 0 Å². The van der Waals surface area contributed by atoms with Crippen LogP contribution >= 0.6 is 0 Å². The summed E-state index contributed by atoms with van der Waals surface area (Å²) in [5, 5.41) is 10.5. The van der Waals surface area contributed by atoms with Crippen LogP contribution in [0.15, 0.2) is 42.9 Å². The minimum atomic E-state index is -0.867. The van der Waals surface area contributed by atoms with Crippen molar-refractivity contribution in [3.05, 3.63) is 59.7 Å². The molecular formula is C14H14N4O. The predicted molar refractivity (Wildman–Crippen MR) is 72.6 cm³/mol. The van der Waals surface area contributed by atoms with E-state index in [1.807, 2.05) is 41.8 Å². The van der Waals surface area contributed by atoms with Gasteiger partial charge < -0.3 is 15.2 Å². The molecule has 0 saturated carbocycles. The quantitative estimate of drug-likeness (QED) is 0.729. The molecule has 0 aromatic carbocycles. The fourth-order valence-electron chi connectivity index (χ4n) is 2.18. The number of nitrogens with two attached hydrogens (primary N) is 1. The van der Waals surface area contributed by atoms with Crippen LogP contribution in [-0.4, -0.2) is 19.5 Å². The Labute approximate surface area is 110 Å². The first-order valence-corrected chi connectivity index (χ1v) is 5.99. The Morgan fingerprint density at radius 2 is 2.16 bits per heavy atom. The molecule has 3 heterocycles. The number of anilines is 1. The second-order valence-electron chi connectivity index (χ2n) is 4.46. The summed E-state index contributed by atoms with van der Waals surface area (Å²) in [6, 6.07) is 7.52. The van der Waals surface area contributed by atoms with Crippen LogP contribution in [0.5, 0.6) is 0 Å². The summed E-state index contributed by atoms with van der Waals surface area (Å²) in [6.45, 7) is 1.90. The van der Waals surface area contributed by atoms with Crippen LogP contribution < -0.4 is 5.73 Å². The van der Waals surface area contributed by atoms with E-state index >= 15 is 0 Å². The summed E-state index contributed by atoms with van der Waals surface area (Å²) in [7, 11) is 0. The number of hydrogen-bond acceptors (Lipinski definition) is 4. The van der Waals surface area contributed by atoms with Crippen LogP contribution in [0.4, 0.5) is 5.82 Å². The van der Waals surface area contributed by atoms with Crippen molar-refractivity contribution in [3.63, 3.8) is 0 Å². The molecule has 19 heavy (non-hydrogen) atoms. The van der Waals surface area contributed by atoms with E-state index in [9.17, 15) is 5.11 Å². The molecule has 0 spiro atoms. The van der Waals surface area contributed by atoms with Gasteiger partial charge in [-0.25, -0.2) is 9.97 Å². The van der Waals surface area contributed by atoms with Crippen molar-refractivity contribution in [2.75, 3.05) is 5.73 Å². The van der Waals surface area contributed by atoms with Gasteiger partial charge in [-0.05, 0) is 30.7 Å². The summed E-state index contributed by atoms with van der Waals surface area (Å²) in [5.41, 5.74) is 8.72. The molecule has 0 aliphatic rings. The SMILES string of the molecule is Cc1ccnc(N)c1C(O)c1cn2ccccc2n1. The molecule has 1 atom stereocenters. The van der Waals surface area contributed by atoms with Gasteiger partial charge in [0.25, 0.3) is 0 Å². The zero-order valence-electron chi connectivity index (χ0n) is 10.5. The van der Waals surface area contributed by atoms with Crippen molar-refractivity contribution >= 4 is 11.5 Å². The maximum Gasteiger partial charge on any atom is 0.137 e. The van der Waals surface area contributed by atoms with Crippen molar-refractivity contribution in [3.8, 4) is 0 Å². The normalized spacial score (nSPS) is 12.7. The molecule has 3 N–H and O–H groups in total. The number of aromatic nitrogens is 3. The van der Waals surface area contributed by atoms with E-state index in [0.29, 0.717) is 17.1 Å². The molecule has 0 amide bonds. The van der Waals surface area contributed by atoms with Crippen LogP contribution in [0, 0.1) is 6.92 Å². The molecule has 0 saturated heterocycles. The van der Waals surface area contributed by atoms with Gasteiger partial charge in [-0.1, -0.05) is 6.07 Å². The summed E-state index contributed by atoms with van der Waals surface area (Å²) in [6.07, 6.45) is 4.45. The lowest BCUT2D eigenvalue weighted by Gasteiger charge is -2.13. The van der Waals surface area contributed by atoms with E-state index in [-0.39, 0.29) is 0 Å². The lowest BCUT2D eigenvalue weighted by atomic mass is 10.0. The number of imidazole rings is 1. The molecule has 96 valence electrons. The van der Waals surface area contributed by atoms with E-state index in [0.717, 1.165) is 11.2 Å². The molecule has 0 aliphatic heterocycles. The number of nitrogen functional groups attached to an aromatic ring is 1. The van der Waals surface area contributed by atoms with Gasteiger partial charge in [0.2, 0.25) is 0 Å². The second-order valence-corrected chi connectivity index (χ2v) is 4.46. The molecule has 1 unspecified atom stereocenters. The molecule has 3 aromatic heterocycles. The van der Waals surface area contributed by atoms with Gasteiger partial charge in [0.05, 0.1) is 5.69 Å². The van der Waals surface area contributed by atoms with Crippen molar-refractivity contribution in [1.82, 2.24) is 14.4 Å². The topological polar surface area (TPSA) is 76.4 Å². The predicted octanol–water partition coefficient (Wildman–Crippen LogP) is 1.70. The Balaban J connectivity index is 2.10. The van der Waals surface area contributed by atoms with E-state index < -0.39 is 6.10 Å². The average molecular weight is 254 g/mol. The highest BCUT2D eigenvalue weighted by atomic mass is 16.3. The van der Waals surface area contributed by atoms with Gasteiger partial charge in [-0.15, -0.1) is 0 Å². The number of aliphatic hydroxyl groups is 1. The monoisotopic (exact) mass is 254 g/mol. The van der Waals surface area contributed by atoms with Gasteiger partial charge >= 0.3 is 0 Å². The summed E-state index contributed by atoms with van der Waals surface area (Å²) < 4.78 is 1.86. The maximum atomic E-state index is 10.5. The molecule has 5 heteroatoms. The average Bonchev–Trinajstić information content (AvgIpc) is 2.82. The second kappa shape index (κ2) is 4.37. The molecule has 3 aromatic rings. The third kappa shape index (κ3) is 1.94. The largest absolute Gasteiger partial charge is 0.383 e. The highest BCUT2D eigenvalue weighted by molar-refractivity contribution is 5.49. The summed E-state index contributed by atoms with van der Waals surface area (Å²) >= 11 is 0. The van der Waals surface area contributed by atoms with E-state index in [1.165, 1.54) is 0 Å². The Morgan fingerprint density at radius 3 is 2.89 bits per heavy atom. The van der Waals surface area contributed by atoms with Gasteiger partial charge in [0, 0.05) is 24.2 Å². The minimum absolute atomic E-state index is 0.338. The number of fused-ring (bicyclic) bond motifs is 1. The lowest BCUT2D eigenvalue weighted by Crippen LogP contribution is -2.07. The van der Waals surface area contributed by atoms with Crippen molar-refractivity contribution in [2.45, 2.75) is 13.0 Å². The number of nitrogens with zero attached hydrogens (tertiary/aromatic N) is 3. The van der Waals surface area contributed by atoms with Gasteiger partial charge in [0.1, 0.15) is 17.6 Å². The molecular weight excluding hydrogens is 240 g/mol. The number of aliphatic hydroxyl groups excluding tert-OH is 1. The minimum Gasteiger partial charge on any atom is -0.383 e. The first-order chi connectivity index (χ1) is 9.16.